The highest BCUT2D eigenvalue weighted by atomic mass is 16.2. The predicted octanol–water partition coefficient (Wildman–Crippen LogP) is 1.18. The molecular formula is C15H18N2O3. The molecule has 1 N–H and O–H groups in total. The Balaban J connectivity index is 2.37. The van der Waals surface area contributed by atoms with E-state index in [9.17, 15) is 14.4 Å². The Morgan fingerprint density at radius 2 is 2.05 bits per heavy atom. The maximum absolute atomic E-state index is 12.6. The summed E-state index contributed by atoms with van der Waals surface area (Å²) in [6.45, 7) is 5.55. The average Bonchev–Trinajstić information content (AvgIpc) is 2.40. The summed E-state index contributed by atoms with van der Waals surface area (Å²) < 4.78 is 0. The number of nitrogens with zero attached hydrogens (tertiary/aromatic N) is 1. The van der Waals surface area contributed by atoms with Crippen LogP contribution in [0.15, 0.2) is 18.2 Å². The second-order valence-corrected chi connectivity index (χ2v) is 5.02. The summed E-state index contributed by atoms with van der Waals surface area (Å²) in [4.78, 5) is 37.3. The van der Waals surface area contributed by atoms with Crippen LogP contribution >= 0.6 is 0 Å². The third-order valence-electron chi connectivity index (χ3n) is 3.74. The van der Waals surface area contributed by atoms with Crippen LogP contribution in [0.25, 0.3) is 0 Å². The smallest absolute Gasteiger partial charge is 0.255 e. The monoisotopic (exact) mass is 274 g/mol. The Hall–Kier alpha value is -2.17. The maximum atomic E-state index is 12.6. The fourth-order valence-electron chi connectivity index (χ4n) is 2.42. The zero-order chi connectivity index (χ0) is 14.9. The van der Waals surface area contributed by atoms with Gasteiger partial charge in [-0.05, 0) is 37.5 Å². The number of rotatable bonds is 2. The number of imide groups is 1. The molecule has 0 aromatic heterocycles. The lowest BCUT2D eigenvalue weighted by Crippen LogP contribution is -2.59. The highest BCUT2D eigenvalue weighted by Gasteiger charge is 2.36. The number of benzene rings is 1. The lowest BCUT2D eigenvalue weighted by atomic mass is 10.0. The van der Waals surface area contributed by atoms with Crippen LogP contribution in [0, 0.1) is 13.8 Å². The Bertz CT molecular complexity index is 580. The molecule has 0 spiro atoms. The lowest BCUT2D eigenvalue weighted by Gasteiger charge is -2.33. The first-order valence-electron chi connectivity index (χ1n) is 6.66. The van der Waals surface area contributed by atoms with Gasteiger partial charge in [-0.15, -0.1) is 0 Å². The van der Waals surface area contributed by atoms with E-state index in [-0.39, 0.29) is 12.5 Å². The molecule has 1 aliphatic rings. The van der Waals surface area contributed by atoms with E-state index in [1.54, 1.807) is 6.07 Å². The Morgan fingerprint density at radius 3 is 2.70 bits per heavy atom. The number of amides is 3. The molecule has 1 heterocycles. The Kier molecular flexibility index (Phi) is 3.88. The van der Waals surface area contributed by atoms with Crippen molar-refractivity contribution < 1.29 is 14.4 Å². The molecule has 1 aromatic rings. The summed E-state index contributed by atoms with van der Waals surface area (Å²) in [6.07, 6.45) is 0.482. The van der Waals surface area contributed by atoms with Crippen LogP contribution in [0.4, 0.5) is 0 Å². The van der Waals surface area contributed by atoms with Gasteiger partial charge in [-0.25, -0.2) is 0 Å². The summed E-state index contributed by atoms with van der Waals surface area (Å²) >= 11 is 0. The molecule has 0 aliphatic carbocycles. The van der Waals surface area contributed by atoms with Crippen molar-refractivity contribution in [1.82, 2.24) is 10.2 Å². The normalized spacial score (nSPS) is 18.9. The van der Waals surface area contributed by atoms with Gasteiger partial charge in [0.05, 0.1) is 0 Å². The second kappa shape index (κ2) is 5.45. The molecule has 1 unspecified atom stereocenters. The topological polar surface area (TPSA) is 66.5 Å². The number of aryl methyl sites for hydroxylation is 1. The molecule has 1 aliphatic heterocycles. The molecule has 106 valence electrons. The van der Waals surface area contributed by atoms with Gasteiger partial charge in [0.1, 0.15) is 12.6 Å². The van der Waals surface area contributed by atoms with Gasteiger partial charge in [0.15, 0.2) is 0 Å². The van der Waals surface area contributed by atoms with E-state index in [0.29, 0.717) is 12.0 Å². The maximum Gasteiger partial charge on any atom is 0.255 e. The third kappa shape index (κ3) is 2.43. The van der Waals surface area contributed by atoms with Gasteiger partial charge >= 0.3 is 0 Å². The van der Waals surface area contributed by atoms with Crippen LogP contribution in [0.2, 0.25) is 0 Å². The van der Waals surface area contributed by atoms with Crippen molar-refractivity contribution in [3.05, 3.63) is 34.9 Å². The number of carbonyl (C=O) groups is 3. The van der Waals surface area contributed by atoms with Crippen LogP contribution < -0.4 is 5.32 Å². The fourth-order valence-corrected chi connectivity index (χ4v) is 2.42. The minimum atomic E-state index is -0.583. The minimum Gasteiger partial charge on any atom is -0.317 e. The van der Waals surface area contributed by atoms with Gasteiger partial charge in [-0.3, -0.25) is 19.7 Å². The molecule has 20 heavy (non-hydrogen) atoms. The van der Waals surface area contributed by atoms with Crippen molar-refractivity contribution in [3.63, 3.8) is 0 Å². The molecule has 2 rings (SSSR count). The van der Waals surface area contributed by atoms with E-state index in [2.05, 4.69) is 5.32 Å². The summed E-state index contributed by atoms with van der Waals surface area (Å²) in [5.41, 5.74) is 2.44. The van der Waals surface area contributed by atoms with E-state index in [4.69, 9.17) is 0 Å². The Labute approximate surface area is 118 Å². The van der Waals surface area contributed by atoms with Crippen molar-refractivity contribution in [2.75, 3.05) is 6.54 Å². The average molecular weight is 274 g/mol. The lowest BCUT2D eigenvalue weighted by molar-refractivity contribution is -0.138. The van der Waals surface area contributed by atoms with E-state index < -0.39 is 17.9 Å². The molecule has 0 bridgehead atoms. The molecule has 5 heteroatoms. The molecule has 0 saturated carbocycles. The first kappa shape index (κ1) is 14.2. The first-order chi connectivity index (χ1) is 9.45. The zero-order valence-electron chi connectivity index (χ0n) is 11.9. The Morgan fingerprint density at radius 1 is 1.35 bits per heavy atom. The van der Waals surface area contributed by atoms with Crippen LogP contribution in [0.5, 0.6) is 0 Å². The van der Waals surface area contributed by atoms with Crippen LogP contribution in [-0.2, 0) is 9.59 Å². The van der Waals surface area contributed by atoms with Gasteiger partial charge in [0.25, 0.3) is 5.91 Å². The number of piperazine rings is 1. The van der Waals surface area contributed by atoms with E-state index >= 15 is 0 Å². The molecular weight excluding hydrogens is 256 g/mol. The minimum absolute atomic E-state index is 0.0730. The van der Waals surface area contributed by atoms with E-state index in [1.165, 1.54) is 4.90 Å². The largest absolute Gasteiger partial charge is 0.317 e. The van der Waals surface area contributed by atoms with E-state index in [0.717, 1.165) is 11.1 Å². The summed E-state index contributed by atoms with van der Waals surface area (Å²) in [5, 5.41) is 2.27. The molecule has 1 saturated heterocycles. The molecule has 1 aromatic carbocycles. The SMILES string of the molecule is CCC1C(=O)NC(=O)CN1C(=O)c1cccc(C)c1C. The van der Waals surface area contributed by atoms with Gasteiger partial charge < -0.3 is 4.90 Å². The quantitative estimate of drug-likeness (QED) is 0.824. The van der Waals surface area contributed by atoms with Crippen LogP contribution in [-0.4, -0.2) is 35.2 Å². The summed E-state index contributed by atoms with van der Waals surface area (Å²) in [5.74, 6) is -1.10. The molecule has 1 atom stereocenters. The molecule has 5 nitrogen and oxygen atoms in total. The summed E-state index contributed by atoms with van der Waals surface area (Å²) in [7, 11) is 0. The first-order valence-corrected chi connectivity index (χ1v) is 6.66. The van der Waals surface area contributed by atoms with Gasteiger partial charge in [0.2, 0.25) is 11.8 Å². The number of carbonyl (C=O) groups excluding carboxylic acids is 3. The predicted molar refractivity (Wildman–Crippen MR) is 74.2 cm³/mol. The zero-order valence-corrected chi connectivity index (χ0v) is 11.9. The van der Waals surface area contributed by atoms with Crippen molar-refractivity contribution in [2.45, 2.75) is 33.2 Å². The third-order valence-corrected chi connectivity index (χ3v) is 3.74. The van der Waals surface area contributed by atoms with Crippen molar-refractivity contribution in [1.29, 1.82) is 0 Å². The fraction of sp³-hybridized carbons (Fsp3) is 0.400. The second-order valence-electron chi connectivity index (χ2n) is 5.02. The standard InChI is InChI=1S/C15H18N2O3/c1-4-12-14(19)16-13(18)8-17(12)15(20)11-7-5-6-9(2)10(11)3/h5-7,12H,4,8H2,1-3H3,(H,16,18,19). The molecule has 0 radical (unpaired) electrons. The van der Waals surface area contributed by atoms with Gasteiger partial charge in [-0.1, -0.05) is 19.1 Å². The molecule has 3 amide bonds. The van der Waals surface area contributed by atoms with Gasteiger partial charge in [-0.2, -0.15) is 0 Å². The van der Waals surface area contributed by atoms with Gasteiger partial charge in [0, 0.05) is 5.56 Å². The highest BCUT2D eigenvalue weighted by Crippen LogP contribution is 2.18. The number of nitrogens with one attached hydrogen (secondary N) is 1. The van der Waals surface area contributed by atoms with Crippen LogP contribution in [0.1, 0.15) is 34.8 Å². The number of hydrogen-bond donors (Lipinski definition) is 1. The van der Waals surface area contributed by atoms with Crippen molar-refractivity contribution in [2.24, 2.45) is 0 Å². The summed E-state index contributed by atoms with van der Waals surface area (Å²) in [6, 6.07) is 4.88. The van der Waals surface area contributed by atoms with Crippen LogP contribution in [0.3, 0.4) is 0 Å². The van der Waals surface area contributed by atoms with Crippen molar-refractivity contribution >= 4 is 17.7 Å². The molecule has 1 fully saturated rings. The number of hydrogen-bond acceptors (Lipinski definition) is 3. The van der Waals surface area contributed by atoms with Crippen molar-refractivity contribution in [3.8, 4) is 0 Å². The highest BCUT2D eigenvalue weighted by molar-refractivity contribution is 6.07. The van der Waals surface area contributed by atoms with E-state index in [1.807, 2.05) is 32.9 Å².